The molecule has 2 bridgehead atoms. The quantitative estimate of drug-likeness (QED) is 0.335. The molecule has 2 aliphatic rings. The normalized spacial score (nSPS) is 43.1. The van der Waals surface area contributed by atoms with E-state index in [0.29, 0.717) is 5.71 Å². The highest BCUT2D eigenvalue weighted by Gasteiger charge is 2.68. The van der Waals surface area contributed by atoms with Crippen molar-refractivity contribution in [3.63, 3.8) is 0 Å². The van der Waals surface area contributed by atoms with Crippen molar-refractivity contribution in [2.45, 2.75) is 33.6 Å². The van der Waals surface area contributed by atoms with E-state index >= 15 is 0 Å². The van der Waals surface area contributed by atoms with Crippen molar-refractivity contribution in [1.29, 1.82) is 0 Å². The van der Waals surface area contributed by atoms with Crippen LogP contribution in [0.1, 0.15) is 33.6 Å². The van der Waals surface area contributed by atoms with Crippen molar-refractivity contribution in [2.24, 2.45) is 16.7 Å². The summed E-state index contributed by atoms with van der Waals surface area (Å²) in [5.41, 5.74) is 0.160. The Morgan fingerprint density at radius 1 is 1.43 bits per heavy atom. The minimum absolute atomic E-state index is 0.0436. The lowest BCUT2D eigenvalue weighted by atomic mass is 9.70. The summed E-state index contributed by atoms with van der Waals surface area (Å²) in [4.78, 5) is 12.1. The molecule has 0 aliphatic heterocycles. The first-order valence-corrected chi connectivity index (χ1v) is 5.15. The molecule has 0 spiro atoms. The van der Waals surface area contributed by atoms with Crippen molar-refractivity contribution in [2.75, 3.05) is 7.05 Å². The molecule has 0 heterocycles. The Kier molecular flexibility index (Phi) is 1.65. The SMILES string of the molecule is C[N+]([O-])=C1C(=O)C2(C)CCC1C2(C)C. The van der Waals surface area contributed by atoms with E-state index in [1.165, 1.54) is 7.05 Å². The van der Waals surface area contributed by atoms with Gasteiger partial charge in [-0.1, -0.05) is 20.8 Å². The van der Waals surface area contributed by atoms with E-state index in [9.17, 15) is 10.0 Å². The number of fused-ring (bicyclic) bond motifs is 2. The molecular formula is C11H17NO2. The van der Waals surface area contributed by atoms with Gasteiger partial charge in [-0.15, -0.1) is 0 Å². The Morgan fingerprint density at radius 3 is 2.29 bits per heavy atom. The number of hydrogen-bond donors (Lipinski definition) is 0. The Labute approximate surface area is 84.4 Å². The predicted octanol–water partition coefficient (Wildman–Crippen LogP) is 1.59. The van der Waals surface area contributed by atoms with Crippen LogP contribution in [-0.4, -0.2) is 23.3 Å². The average Bonchev–Trinajstić information content (AvgIpc) is 2.35. The summed E-state index contributed by atoms with van der Waals surface area (Å²) in [6.45, 7) is 6.23. The van der Waals surface area contributed by atoms with Crippen molar-refractivity contribution in [3.05, 3.63) is 5.21 Å². The second kappa shape index (κ2) is 2.38. The average molecular weight is 195 g/mol. The molecule has 0 radical (unpaired) electrons. The van der Waals surface area contributed by atoms with Gasteiger partial charge in [0.1, 0.15) is 7.05 Å². The summed E-state index contributed by atoms with van der Waals surface area (Å²) in [6.07, 6.45) is 1.91. The maximum Gasteiger partial charge on any atom is 0.234 e. The molecule has 2 aliphatic carbocycles. The van der Waals surface area contributed by atoms with Gasteiger partial charge in [0.2, 0.25) is 11.5 Å². The summed E-state index contributed by atoms with van der Waals surface area (Å²) < 4.78 is 0.777. The van der Waals surface area contributed by atoms with Gasteiger partial charge in [-0.25, -0.2) is 4.74 Å². The molecule has 3 nitrogen and oxygen atoms in total. The van der Waals surface area contributed by atoms with Crippen LogP contribution in [0.25, 0.3) is 0 Å². The molecule has 0 aromatic heterocycles. The van der Waals surface area contributed by atoms with E-state index in [1.54, 1.807) is 0 Å². The van der Waals surface area contributed by atoms with Crippen LogP contribution >= 0.6 is 0 Å². The number of carbonyl (C=O) groups excluding carboxylic acids is 1. The van der Waals surface area contributed by atoms with Gasteiger partial charge in [0.25, 0.3) is 0 Å². The number of hydroxylamine groups is 1. The predicted molar refractivity (Wildman–Crippen MR) is 54.2 cm³/mol. The molecule has 0 aromatic carbocycles. The zero-order valence-electron chi connectivity index (χ0n) is 9.26. The van der Waals surface area contributed by atoms with Gasteiger partial charge in [0.15, 0.2) is 0 Å². The molecule has 14 heavy (non-hydrogen) atoms. The zero-order chi connectivity index (χ0) is 10.7. The molecule has 2 rings (SSSR count). The molecule has 3 heteroatoms. The van der Waals surface area contributed by atoms with Crippen LogP contribution in [0.5, 0.6) is 0 Å². The van der Waals surface area contributed by atoms with Gasteiger partial charge in [-0.05, 0) is 18.3 Å². The molecule has 78 valence electrons. The number of nitrogens with zero attached hydrogens (tertiary/aromatic N) is 1. The number of Topliss-reactive ketones (excluding diaryl/α,β-unsaturated/α-hetero) is 1. The summed E-state index contributed by atoms with van der Waals surface area (Å²) in [7, 11) is 1.44. The highest BCUT2D eigenvalue weighted by atomic mass is 16.5. The minimum atomic E-state index is -0.300. The van der Waals surface area contributed by atoms with Crippen molar-refractivity contribution < 1.29 is 9.53 Å². The van der Waals surface area contributed by atoms with Gasteiger partial charge < -0.3 is 5.21 Å². The third kappa shape index (κ3) is 0.787. The largest absolute Gasteiger partial charge is 0.624 e. The Hall–Kier alpha value is -0.860. The third-order valence-corrected chi connectivity index (χ3v) is 4.63. The van der Waals surface area contributed by atoms with Crippen LogP contribution in [0.3, 0.4) is 0 Å². The number of ketones is 1. The minimum Gasteiger partial charge on any atom is -0.624 e. The molecule has 2 atom stereocenters. The molecule has 0 saturated heterocycles. The van der Waals surface area contributed by atoms with Crippen molar-refractivity contribution in [3.8, 4) is 0 Å². The van der Waals surface area contributed by atoms with Crippen molar-refractivity contribution in [1.82, 2.24) is 0 Å². The van der Waals surface area contributed by atoms with Crippen LogP contribution in [0.15, 0.2) is 0 Å². The van der Waals surface area contributed by atoms with Crippen LogP contribution in [0.4, 0.5) is 0 Å². The van der Waals surface area contributed by atoms with Gasteiger partial charge in [0.05, 0.1) is 5.92 Å². The Bertz CT molecular complexity index is 339. The van der Waals surface area contributed by atoms with Crippen molar-refractivity contribution >= 4 is 11.5 Å². The van der Waals surface area contributed by atoms with E-state index in [0.717, 1.165) is 17.6 Å². The van der Waals surface area contributed by atoms with E-state index in [4.69, 9.17) is 0 Å². The molecule has 2 unspecified atom stereocenters. The lowest BCUT2D eigenvalue weighted by Crippen LogP contribution is -2.35. The maximum atomic E-state index is 12.1. The fourth-order valence-electron chi connectivity index (χ4n) is 3.19. The van der Waals surface area contributed by atoms with Crippen LogP contribution in [0, 0.1) is 22.0 Å². The smallest absolute Gasteiger partial charge is 0.234 e. The highest BCUT2D eigenvalue weighted by molar-refractivity contribution is 6.43. The topological polar surface area (TPSA) is 43.1 Å². The first-order valence-electron chi connectivity index (χ1n) is 5.15. The lowest BCUT2D eigenvalue weighted by Gasteiger charge is -2.30. The number of rotatable bonds is 0. The summed E-state index contributed by atoms with van der Waals surface area (Å²) in [5, 5.41) is 11.3. The lowest BCUT2D eigenvalue weighted by molar-refractivity contribution is -0.424. The van der Waals surface area contributed by atoms with E-state index in [-0.39, 0.29) is 22.5 Å². The molecule has 2 fully saturated rings. The second-order valence-corrected chi connectivity index (χ2v) is 5.36. The van der Waals surface area contributed by atoms with E-state index in [1.807, 2.05) is 6.92 Å². The standard InChI is InChI=1S/C11H17NO2/c1-10(2)7-5-6-11(10,3)9(13)8(7)12(4)14/h7H,5-6H2,1-4H3. The number of carbonyl (C=O) groups is 1. The molecule has 0 amide bonds. The first-order chi connectivity index (χ1) is 6.32. The summed E-state index contributed by atoms with van der Waals surface area (Å²) in [6, 6.07) is 0. The Morgan fingerprint density at radius 2 is 2.00 bits per heavy atom. The fraction of sp³-hybridized carbons (Fsp3) is 0.818. The zero-order valence-corrected chi connectivity index (χ0v) is 9.26. The van der Waals surface area contributed by atoms with Gasteiger partial charge in [-0.2, -0.15) is 0 Å². The van der Waals surface area contributed by atoms with Gasteiger partial charge in [-0.3, -0.25) is 4.79 Å². The molecule has 2 saturated carbocycles. The fourth-order valence-corrected chi connectivity index (χ4v) is 3.19. The van der Waals surface area contributed by atoms with Crippen LogP contribution < -0.4 is 0 Å². The maximum absolute atomic E-state index is 12.1. The second-order valence-electron chi connectivity index (χ2n) is 5.36. The highest BCUT2D eigenvalue weighted by Crippen LogP contribution is 2.62. The van der Waals surface area contributed by atoms with E-state index < -0.39 is 0 Å². The molecule has 0 N–H and O–H groups in total. The van der Waals surface area contributed by atoms with E-state index in [2.05, 4.69) is 13.8 Å². The molecule has 0 aromatic rings. The van der Waals surface area contributed by atoms with Gasteiger partial charge in [0, 0.05) is 5.41 Å². The van der Waals surface area contributed by atoms with Crippen LogP contribution in [-0.2, 0) is 4.79 Å². The summed E-state index contributed by atoms with van der Waals surface area (Å²) >= 11 is 0. The third-order valence-electron chi connectivity index (χ3n) is 4.63. The summed E-state index contributed by atoms with van der Waals surface area (Å²) in [5.74, 6) is 0.249. The molecular weight excluding hydrogens is 178 g/mol. The Balaban J connectivity index is 2.61. The monoisotopic (exact) mass is 195 g/mol. The first kappa shape index (κ1) is 9.69. The van der Waals surface area contributed by atoms with Crippen LogP contribution in [0.2, 0.25) is 0 Å². The van der Waals surface area contributed by atoms with Gasteiger partial charge >= 0.3 is 0 Å². The number of hydrogen-bond acceptors (Lipinski definition) is 2.